The van der Waals surface area contributed by atoms with Crippen molar-refractivity contribution in [1.82, 2.24) is 20.2 Å². The van der Waals surface area contributed by atoms with E-state index in [9.17, 15) is 8.42 Å². The SMILES string of the molecule is COCCCNS(=O)(=O)c1c(CNC2CC2)n[nH]c1C. The van der Waals surface area contributed by atoms with E-state index < -0.39 is 10.0 Å². The molecule has 1 fully saturated rings. The topological polar surface area (TPSA) is 96.1 Å². The summed E-state index contributed by atoms with van der Waals surface area (Å²) in [6, 6.07) is 0.511. The first-order valence-electron chi connectivity index (χ1n) is 6.80. The maximum Gasteiger partial charge on any atom is 0.244 e. The summed E-state index contributed by atoms with van der Waals surface area (Å²) >= 11 is 0. The summed E-state index contributed by atoms with van der Waals surface area (Å²) in [4.78, 5) is 0.267. The molecule has 0 unspecified atom stereocenters. The number of hydrogen-bond acceptors (Lipinski definition) is 5. The Morgan fingerprint density at radius 2 is 2.20 bits per heavy atom. The normalized spacial score (nSPS) is 15.7. The minimum absolute atomic E-state index is 0.267. The van der Waals surface area contributed by atoms with Gasteiger partial charge in [0.1, 0.15) is 4.90 Å². The van der Waals surface area contributed by atoms with Gasteiger partial charge in [-0.3, -0.25) is 5.10 Å². The highest BCUT2D eigenvalue weighted by atomic mass is 32.2. The van der Waals surface area contributed by atoms with Crippen LogP contribution in [0.15, 0.2) is 4.90 Å². The summed E-state index contributed by atoms with van der Waals surface area (Å²) in [5.74, 6) is 0. The van der Waals surface area contributed by atoms with Crippen molar-refractivity contribution in [2.24, 2.45) is 0 Å². The minimum atomic E-state index is -3.53. The van der Waals surface area contributed by atoms with Crippen molar-refractivity contribution in [1.29, 1.82) is 0 Å². The van der Waals surface area contributed by atoms with Crippen molar-refractivity contribution in [2.75, 3.05) is 20.3 Å². The van der Waals surface area contributed by atoms with Crippen LogP contribution in [0.5, 0.6) is 0 Å². The molecule has 0 saturated heterocycles. The van der Waals surface area contributed by atoms with Crippen molar-refractivity contribution < 1.29 is 13.2 Å². The molecule has 1 heterocycles. The van der Waals surface area contributed by atoms with E-state index in [1.54, 1.807) is 14.0 Å². The summed E-state index contributed by atoms with van der Waals surface area (Å²) in [7, 11) is -1.93. The van der Waals surface area contributed by atoms with Crippen LogP contribution in [0.25, 0.3) is 0 Å². The van der Waals surface area contributed by atoms with Gasteiger partial charge in [0.2, 0.25) is 10.0 Å². The molecular formula is C12H22N4O3S. The first kappa shape index (κ1) is 15.4. The quantitative estimate of drug-likeness (QED) is 0.570. The molecule has 114 valence electrons. The van der Waals surface area contributed by atoms with Crippen molar-refractivity contribution in [3.63, 3.8) is 0 Å². The molecule has 2 rings (SSSR count). The maximum atomic E-state index is 12.3. The van der Waals surface area contributed by atoms with Gasteiger partial charge in [0.15, 0.2) is 0 Å². The van der Waals surface area contributed by atoms with Gasteiger partial charge in [-0.1, -0.05) is 0 Å². The molecule has 1 aromatic heterocycles. The molecule has 1 aliphatic rings. The lowest BCUT2D eigenvalue weighted by atomic mass is 10.3. The van der Waals surface area contributed by atoms with Crippen molar-refractivity contribution in [3.05, 3.63) is 11.4 Å². The Labute approximate surface area is 119 Å². The van der Waals surface area contributed by atoms with Crippen LogP contribution in [-0.2, 0) is 21.3 Å². The Balaban J connectivity index is 2.02. The second-order valence-electron chi connectivity index (χ2n) is 5.02. The van der Waals surface area contributed by atoms with Crippen LogP contribution in [0, 0.1) is 6.92 Å². The molecule has 1 saturated carbocycles. The predicted molar refractivity (Wildman–Crippen MR) is 74.9 cm³/mol. The van der Waals surface area contributed by atoms with E-state index in [4.69, 9.17) is 4.74 Å². The Bertz CT molecular complexity index is 537. The average Bonchev–Trinajstić information content (AvgIpc) is 3.15. The van der Waals surface area contributed by atoms with E-state index in [1.165, 1.54) is 0 Å². The van der Waals surface area contributed by atoms with E-state index in [0.717, 1.165) is 12.8 Å². The van der Waals surface area contributed by atoms with Gasteiger partial charge < -0.3 is 10.1 Å². The summed E-state index contributed by atoms with van der Waals surface area (Å²) in [6.07, 6.45) is 2.95. The zero-order valence-electron chi connectivity index (χ0n) is 11.9. The number of aromatic amines is 1. The van der Waals surface area contributed by atoms with Gasteiger partial charge in [0, 0.05) is 32.8 Å². The summed E-state index contributed by atoms with van der Waals surface area (Å²) in [5, 5.41) is 10.1. The van der Waals surface area contributed by atoms with Crippen LogP contribution >= 0.6 is 0 Å². The first-order chi connectivity index (χ1) is 9.54. The lowest BCUT2D eigenvalue weighted by Crippen LogP contribution is -2.27. The van der Waals surface area contributed by atoms with Gasteiger partial charge in [-0.25, -0.2) is 13.1 Å². The van der Waals surface area contributed by atoms with E-state index in [-0.39, 0.29) is 4.90 Å². The Morgan fingerprint density at radius 1 is 1.45 bits per heavy atom. The molecule has 3 N–H and O–H groups in total. The largest absolute Gasteiger partial charge is 0.385 e. The van der Waals surface area contributed by atoms with Crippen LogP contribution in [-0.4, -0.2) is 44.9 Å². The molecular weight excluding hydrogens is 280 g/mol. The number of sulfonamides is 1. The van der Waals surface area contributed by atoms with Gasteiger partial charge in [-0.2, -0.15) is 5.10 Å². The highest BCUT2D eigenvalue weighted by Crippen LogP contribution is 2.21. The number of nitrogens with one attached hydrogen (secondary N) is 3. The Hall–Kier alpha value is -0.960. The number of rotatable bonds is 9. The van der Waals surface area contributed by atoms with Crippen LogP contribution in [0.2, 0.25) is 0 Å². The predicted octanol–water partition coefficient (Wildman–Crippen LogP) is 0.285. The molecule has 0 bridgehead atoms. The smallest absolute Gasteiger partial charge is 0.244 e. The maximum absolute atomic E-state index is 12.3. The molecule has 0 aliphatic heterocycles. The molecule has 7 nitrogen and oxygen atoms in total. The number of aromatic nitrogens is 2. The van der Waals surface area contributed by atoms with Gasteiger partial charge in [0.25, 0.3) is 0 Å². The third kappa shape index (κ3) is 4.02. The molecule has 0 aromatic carbocycles. The highest BCUT2D eigenvalue weighted by Gasteiger charge is 2.26. The van der Waals surface area contributed by atoms with Gasteiger partial charge in [0.05, 0.1) is 11.4 Å². The first-order valence-corrected chi connectivity index (χ1v) is 8.28. The zero-order valence-corrected chi connectivity index (χ0v) is 12.7. The van der Waals surface area contributed by atoms with E-state index in [2.05, 4.69) is 20.2 Å². The fraction of sp³-hybridized carbons (Fsp3) is 0.750. The van der Waals surface area contributed by atoms with Gasteiger partial charge in [-0.15, -0.1) is 0 Å². The number of hydrogen-bond donors (Lipinski definition) is 3. The number of ether oxygens (including phenoxy) is 1. The second kappa shape index (κ2) is 6.66. The lowest BCUT2D eigenvalue weighted by molar-refractivity contribution is 0.196. The molecule has 0 amide bonds. The standard InChI is InChI=1S/C12H22N4O3S/c1-9-12(20(17,18)14-6-3-7-19-2)11(16-15-9)8-13-10-4-5-10/h10,13-14H,3-8H2,1-2H3,(H,15,16). The Kier molecular flexibility index (Phi) is 5.14. The van der Waals surface area contributed by atoms with E-state index in [1.807, 2.05) is 0 Å². The molecule has 0 radical (unpaired) electrons. The number of nitrogens with zero attached hydrogens (tertiary/aromatic N) is 1. The Morgan fingerprint density at radius 3 is 2.85 bits per heavy atom. The van der Waals surface area contributed by atoms with Gasteiger partial charge in [-0.05, 0) is 26.2 Å². The molecule has 0 spiro atoms. The number of H-pyrrole nitrogens is 1. The lowest BCUT2D eigenvalue weighted by Gasteiger charge is -2.08. The van der Waals surface area contributed by atoms with Gasteiger partial charge >= 0.3 is 0 Å². The third-order valence-electron chi connectivity index (χ3n) is 3.18. The fourth-order valence-corrected chi connectivity index (χ4v) is 3.40. The molecule has 1 aromatic rings. The zero-order chi connectivity index (χ0) is 14.6. The minimum Gasteiger partial charge on any atom is -0.385 e. The van der Waals surface area contributed by atoms with Crippen LogP contribution < -0.4 is 10.0 Å². The number of aryl methyl sites for hydroxylation is 1. The van der Waals surface area contributed by atoms with Crippen molar-refractivity contribution >= 4 is 10.0 Å². The summed E-state index contributed by atoms with van der Waals surface area (Å²) < 4.78 is 32.1. The molecule has 0 atom stereocenters. The van der Waals surface area contributed by atoms with Crippen LogP contribution in [0.4, 0.5) is 0 Å². The summed E-state index contributed by atoms with van der Waals surface area (Å²) in [5.41, 5.74) is 1.12. The molecule has 8 heteroatoms. The summed E-state index contributed by atoms with van der Waals surface area (Å²) in [6.45, 7) is 3.08. The molecule has 20 heavy (non-hydrogen) atoms. The fourth-order valence-electron chi connectivity index (χ4n) is 1.97. The highest BCUT2D eigenvalue weighted by molar-refractivity contribution is 7.89. The second-order valence-corrected chi connectivity index (χ2v) is 6.73. The monoisotopic (exact) mass is 302 g/mol. The van der Waals surface area contributed by atoms with Crippen LogP contribution in [0.3, 0.4) is 0 Å². The van der Waals surface area contributed by atoms with Crippen molar-refractivity contribution in [3.8, 4) is 0 Å². The third-order valence-corrected chi connectivity index (χ3v) is 4.85. The van der Waals surface area contributed by atoms with Crippen LogP contribution in [0.1, 0.15) is 30.7 Å². The van der Waals surface area contributed by atoms with Crippen molar-refractivity contribution in [2.45, 2.75) is 43.7 Å². The van der Waals surface area contributed by atoms with E-state index >= 15 is 0 Å². The average molecular weight is 302 g/mol. The number of methoxy groups -OCH3 is 1. The molecule has 1 aliphatic carbocycles. The van der Waals surface area contributed by atoms with E-state index in [0.29, 0.717) is 43.5 Å².